The molecule has 0 amide bonds. The first-order chi connectivity index (χ1) is 26.8. The Morgan fingerprint density at radius 2 is 0.417 bits per heavy atom. The molecule has 2 heteroatoms. The highest BCUT2D eigenvalue weighted by Crippen LogP contribution is 2.49. The average Bonchev–Trinajstić information content (AvgIpc) is 3.06. The smallest absolute Gasteiger partial charge is 0.0125 e. The lowest BCUT2D eigenvalue weighted by atomic mass is 9.80. The second-order valence-corrected chi connectivity index (χ2v) is 30.8. The largest absolute Gasteiger partial charge is 0.0578 e. The van der Waals surface area contributed by atoms with E-state index in [0.29, 0.717) is 0 Å². The quantitative estimate of drug-likeness (QED) is 0.163. The number of rotatable bonds is 7. The molecule has 4 rings (SSSR count). The minimum absolute atomic E-state index is 0.000456. The lowest BCUT2D eigenvalue weighted by Crippen LogP contribution is -2.33. The Balaban J connectivity index is 2.16. The summed E-state index contributed by atoms with van der Waals surface area (Å²) in [7, 11) is -1.48. The molecule has 0 unspecified atom stereocenters. The van der Waals surface area contributed by atoms with Crippen molar-refractivity contribution in [3.8, 4) is 0 Å². The summed E-state index contributed by atoms with van der Waals surface area (Å²) in [5.41, 5.74) is 12.1. The molecular weight excluding hydrogens is 759 g/mol. The molecule has 0 bridgehead atoms. The summed E-state index contributed by atoms with van der Waals surface area (Å²) in [6.45, 7) is 57.6. The summed E-state index contributed by atoms with van der Waals surface area (Å²) in [5.74, 6) is 0. The first kappa shape index (κ1) is 50.4. The highest BCUT2D eigenvalue weighted by Gasteiger charge is 2.35. The van der Waals surface area contributed by atoms with Gasteiger partial charge in [0, 0.05) is 0 Å². The van der Waals surface area contributed by atoms with Crippen LogP contribution in [0, 0.1) is 0 Å². The lowest BCUT2D eigenvalue weighted by Gasteiger charge is -2.37. The van der Waals surface area contributed by atoms with Gasteiger partial charge in [-0.05, 0) is 137 Å². The summed E-state index contributed by atoms with van der Waals surface area (Å²) in [5, 5.41) is 6.25. The molecule has 0 radical (unpaired) electrons. The molecule has 0 heterocycles. The minimum Gasteiger partial charge on any atom is -0.0578 e. The van der Waals surface area contributed by atoms with Gasteiger partial charge >= 0.3 is 0 Å². The zero-order valence-corrected chi connectivity index (χ0v) is 45.0. The van der Waals surface area contributed by atoms with Crippen molar-refractivity contribution in [2.24, 2.45) is 0 Å². The molecule has 4 aromatic rings. The van der Waals surface area contributed by atoms with Gasteiger partial charge in [0.25, 0.3) is 0 Å². The Morgan fingerprint density at radius 1 is 0.250 bits per heavy atom. The monoisotopic (exact) mass is 847 g/mol. The Labute approximate surface area is 374 Å². The van der Waals surface area contributed by atoms with E-state index in [1.165, 1.54) is 44.5 Å². The van der Waals surface area contributed by atoms with E-state index in [2.05, 4.69) is 239 Å². The van der Waals surface area contributed by atoms with Gasteiger partial charge in [-0.15, -0.1) is 0 Å². The van der Waals surface area contributed by atoms with Gasteiger partial charge in [-0.1, -0.05) is 239 Å². The summed E-state index contributed by atoms with van der Waals surface area (Å²) >= 11 is 0. The van der Waals surface area contributed by atoms with E-state index >= 15 is 0 Å². The van der Waals surface area contributed by atoms with Gasteiger partial charge in [-0.25, -0.2) is 0 Å². The topological polar surface area (TPSA) is 0 Å². The molecule has 60 heavy (non-hydrogen) atoms. The Bertz CT molecular complexity index is 1810. The van der Waals surface area contributed by atoms with Gasteiger partial charge in [-0.3, -0.25) is 0 Å². The number of benzene rings is 4. The van der Waals surface area contributed by atoms with Crippen LogP contribution in [0.1, 0.15) is 211 Å². The van der Waals surface area contributed by atoms with Crippen LogP contribution >= 0.6 is 15.8 Å². The van der Waals surface area contributed by atoms with Gasteiger partial charge in [0.05, 0.1) is 0 Å². The zero-order chi connectivity index (χ0) is 46.0. The highest BCUT2D eigenvalue weighted by atomic mass is 31.1. The van der Waals surface area contributed by atoms with Gasteiger partial charge in [-0.2, -0.15) is 0 Å². The van der Waals surface area contributed by atoms with Crippen LogP contribution in [0.15, 0.2) is 72.8 Å². The lowest BCUT2D eigenvalue weighted by molar-refractivity contribution is 0.570. The standard InChI is InChI=1S/C58H88P2/c1-51(2,3)39-25-29-47(43(35-39)55(13,14)15)59(48-30-26-40(52(4,5)6)36-44(48)56(16,17)18)33-34-60(49-31-27-41(53(7,8)9)37-45(49)57(19,20)21)50-32-28-42(54(10,11)12)38-46(50)58(22,23)24/h25-32,35-38H,33-34H2,1-24H3. The van der Waals surface area contributed by atoms with E-state index in [-0.39, 0.29) is 43.3 Å². The van der Waals surface area contributed by atoms with Crippen molar-refractivity contribution in [2.45, 2.75) is 209 Å². The molecule has 0 fully saturated rings. The minimum atomic E-state index is -0.739. The molecule has 0 N–H and O–H groups in total. The van der Waals surface area contributed by atoms with Crippen molar-refractivity contribution in [1.82, 2.24) is 0 Å². The summed E-state index contributed by atoms with van der Waals surface area (Å²) < 4.78 is 0. The van der Waals surface area contributed by atoms with E-state index in [1.807, 2.05) is 0 Å². The molecule has 0 saturated heterocycles. The summed E-state index contributed by atoms with van der Waals surface area (Å²) in [6.07, 6.45) is 2.26. The SMILES string of the molecule is CC(C)(C)c1ccc(P(CCP(c2ccc(C(C)(C)C)cc2C(C)(C)C)c2ccc(C(C)(C)C)cc2C(C)(C)C)c2ccc(C(C)(C)C)cc2C(C)(C)C)c(C(C)(C)C)c1. The van der Waals surface area contributed by atoms with E-state index < -0.39 is 15.8 Å². The Kier molecular flexibility index (Phi) is 14.3. The van der Waals surface area contributed by atoms with Crippen LogP contribution in [-0.4, -0.2) is 12.3 Å². The molecule has 0 aliphatic heterocycles. The summed E-state index contributed by atoms with van der Waals surface area (Å²) in [4.78, 5) is 0. The summed E-state index contributed by atoms with van der Waals surface area (Å²) in [6, 6.07) is 30.5. The molecule has 330 valence electrons. The Morgan fingerprint density at radius 3 is 0.550 bits per heavy atom. The van der Waals surface area contributed by atoms with Crippen molar-refractivity contribution in [3.63, 3.8) is 0 Å². The zero-order valence-electron chi connectivity index (χ0n) is 43.2. The third-order valence-corrected chi connectivity index (χ3v) is 18.0. The molecule has 0 aromatic heterocycles. The van der Waals surface area contributed by atoms with E-state index in [4.69, 9.17) is 0 Å². The maximum Gasteiger partial charge on any atom is -0.0125 e. The predicted octanol–water partition coefficient (Wildman–Crippen LogP) is 15.6. The van der Waals surface area contributed by atoms with Crippen molar-refractivity contribution in [1.29, 1.82) is 0 Å². The molecular formula is C58H88P2. The van der Waals surface area contributed by atoms with Crippen LogP contribution in [-0.2, 0) is 43.3 Å². The first-order valence-corrected chi connectivity index (χ1v) is 26.0. The fraction of sp³-hybridized carbons (Fsp3) is 0.586. The molecule has 4 aromatic carbocycles. The van der Waals surface area contributed by atoms with Crippen LogP contribution < -0.4 is 21.2 Å². The molecule has 0 saturated carbocycles. The van der Waals surface area contributed by atoms with Gasteiger partial charge < -0.3 is 0 Å². The number of hydrogen-bond donors (Lipinski definition) is 0. The van der Waals surface area contributed by atoms with E-state index in [9.17, 15) is 0 Å². The average molecular weight is 847 g/mol. The van der Waals surface area contributed by atoms with Gasteiger partial charge in [0.1, 0.15) is 0 Å². The van der Waals surface area contributed by atoms with E-state index in [1.54, 1.807) is 21.2 Å². The van der Waals surface area contributed by atoms with Crippen molar-refractivity contribution in [3.05, 3.63) is 117 Å². The molecule has 0 aliphatic carbocycles. The predicted molar refractivity (Wildman–Crippen MR) is 277 cm³/mol. The first-order valence-electron chi connectivity index (χ1n) is 23.0. The second-order valence-electron chi connectivity index (χ2n) is 26.2. The van der Waals surface area contributed by atoms with Crippen LogP contribution in [0.25, 0.3) is 0 Å². The highest BCUT2D eigenvalue weighted by molar-refractivity contribution is 7.76. The molecule has 0 atom stereocenters. The molecule has 0 aliphatic rings. The van der Waals surface area contributed by atoms with Crippen LogP contribution in [0.2, 0.25) is 0 Å². The van der Waals surface area contributed by atoms with Crippen molar-refractivity contribution >= 4 is 37.1 Å². The van der Waals surface area contributed by atoms with Gasteiger partial charge in [0.15, 0.2) is 0 Å². The normalized spacial score (nSPS) is 14.1. The Hall–Kier alpha value is -2.26. The maximum atomic E-state index is 2.58. The van der Waals surface area contributed by atoms with Crippen molar-refractivity contribution < 1.29 is 0 Å². The van der Waals surface area contributed by atoms with Crippen molar-refractivity contribution in [2.75, 3.05) is 12.3 Å². The van der Waals surface area contributed by atoms with Crippen LogP contribution in [0.5, 0.6) is 0 Å². The van der Waals surface area contributed by atoms with Crippen LogP contribution in [0.4, 0.5) is 0 Å². The fourth-order valence-corrected chi connectivity index (χ4v) is 15.2. The number of hydrogen-bond acceptors (Lipinski definition) is 0. The molecule has 0 nitrogen and oxygen atoms in total. The maximum absolute atomic E-state index is 2.58. The van der Waals surface area contributed by atoms with E-state index in [0.717, 1.165) is 12.3 Å². The van der Waals surface area contributed by atoms with Gasteiger partial charge in [0.2, 0.25) is 0 Å². The molecule has 0 spiro atoms. The third-order valence-electron chi connectivity index (χ3n) is 12.4. The second kappa shape index (κ2) is 17.0. The van der Waals surface area contributed by atoms with Crippen LogP contribution in [0.3, 0.4) is 0 Å². The third kappa shape index (κ3) is 11.8. The fourth-order valence-electron chi connectivity index (χ4n) is 8.30.